The smallest absolute Gasteiger partial charge is 0.235 e. The van der Waals surface area contributed by atoms with Crippen LogP contribution in [0.2, 0.25) is 5.02 Å². The Kier molecular flexibility index (Phi) is 5.20. The number of benzene rings is 3. The Morgan fingerprint density at radius 2 is 1.52 bits per heavy atom. The summed E-state index contributed by atoms with van der Waals surface area (Å²) in [6.07, 6.45) is 1.29. The highest BCUT2D eigenvalue weighted by molar-refractivity contribution is 6.30. The van der Waals surface area contributed by atoms with Crippen LogP contribution in [0, 0.1) is 0 Å². The molecule has 1 aliphatic rings. The topological polar surface area (TPSA) is 47.6 Å². The van der Waals surface area contributed by atoms with Crippen LogP contribution in [0.5, 0.6) is 11.5 Å². The number of ether oxygens (including phenoxy) is 2. The summed E-state index contributed by atoms with van der Waals surface area (Å²) < 4.78 is 10.7. The Morgan fingerprint density at radius 3 is 2.10 bits per heavy atom. The van der Waals surface area contributed by atoms with Gasteiger partial charge in [0.1, 0.15) is 0 Å². The van der Waals surface area contributed by atoms with Crippen molar-refractivity contribution in [2.24, 2.45) is 0 Å². The number of methoxy groups -OCH3 is 2. The normalized spacial score (nSPS) is 14.2. The molecule has 0 aromatic heterocycles. The van der Waals surface area contributed by atoms with Gasteiger partial charge in [-0.2, -0.15) is 0 Å². The van der Waals surface area contributed by atoms with Crippen molar-refractivity contribution in [1.82, 2.24) is 0 Å². The maximum Gasteiger partial charge on any atom is 0.235 e. The molecule has 3 aromatic carbocycles. The van der Waals surface area contributed by atoms with Crippen LogP contribution in [0.15, 0.2) is 66.7 Å². The Morgan fingerprint density at radius 1 is 0.897 bits per heavy atom. The first-order valence-electron chi connectivity index (χ1n) is 9.42. The van der Waals surface area contributed by atoms with E-state index in [1.807, 2.05) is 42.5 Å². The van der Waals surface area contributed by atoms with E-state index in [0.717, 1.165) is 5.56 Å². The highest BCUT2D eigenvalue weighted by Gasteiger charge is 2.45. The van der Waals surface area contributed by atoms with Crippen LogP contribution in [0.3, 0.4) is 0 Å². The minimum atomic E-state index is -0.693. The molecule has 0 heterocycles. The summed E-state index contributed by atoms with van der Waals surface area (Å²) in [6.45, 7) is 0. The minimum absolute atomic E-state index is 0.0526. The van der Waals surface area contributed by atoms with Crippen molar-refractivity contribution in [1.29, 1.82) is 0 Å². The van der Waals surface area contributed by atoms with Crippen molar-refractivity contribution >= 4 is 23.2 Å². The summed E-state index contributed by atoms with van der Waals surface area (Å²) in [5.74, 6) is 1.13. The van der Waals surface area contributed by atoms with Crippen molar-refractivity contribution in [2.45, 2.75) is 18.3 Å². The summed E-state index contributed by atoms with van der Waals surface area (Å²) >= 11 is 6.10. The lowest BCUT2D eigenvalue weighted by atomic mass is 9.76. The van der Waals surface area contributed by atoms with E-state index in [4.69, 9.17) is 21.1 Å². The number of carbonyl (C=O) groups is 1. The van der Waals surface area contributed by atoms with Gasteiger partial charge in [-0.05, 0) is 53.8 Å². The summed E-state index contributed by atoms with van der Waals surface area (Å²) in [4.78, 5) is 13.6. The Balaban J connectivity index is 1.71. The van der Waals surface area contributed by atoms with Gasteiger partial charge < -0.3 is 14.8 Å². The highest BCUT2D eigenvalue weighted by Crippen LogP contribution is 2.41. The first-order chi connectivity index (χ1) is 14.1. The fraction of sp³-hybridized carbons (Fsp3) is 0.208. The number of carbonyl (C=O) groups excluding carboxylic acids is 1. The molecule has 1 N–H and O–H groups in total. The van der Waals surface area contributed by atoms with Crippen LogP contribution in [0.1, 0.15) is 16.7 Å². The number of hydrogen-bond donors (Lipinski definition) is 1. The van der Waals surface area contributed by atoms with Gasteiger partial charge in [-0.15, -0.1) is 0 Å². The first-order valence-corrected chi connectivity index (χ1v) is 9.80. The monoisotopic (exact) mass is 407 g/mol. The van der Waals surface area contributed by atoms with Gasteiger partial charge in [0.2, 0.25) is 5.91 Å². The summed E-state index contributed by atoms with van der Waals surface area (Å²) in [6, 6.07) is 21.2. The van der Waals surface area contributed by atoms with Gasteiger partial charge in [-0.1, -0.05) is 48.0 Å². The predicted molar refractivity (Wildman–Crippen MR) is 115 cm³/mol. The Hall–Kier alpha value is -2.98. The maximum atomic E-state index is 13.6. The molecule has 0 bridgehead atoms. The standard InChI is InChI=1S/C24H22ClNO3/c1-28-21-12-11-20(13-22(21)29-2)26-23(27)24(18-7-9-19(25)10-8-18)14-16-5-3-4-6-17(16)15-24/h3-13H,14-15H2,1-2H3,(H,26,27). The van der Waals surface area contributed by atoms with Crippen LogP contribution in [-0.4, -0.2) is 20.1 Å². The second-order valence-corrected chi connectivity index (χ2v) is 7.67. The molecule has 0 radical (unpaired) electrons. The van der Waals surface area contributed by atoms with E-state index in [1.54, 1.807) is 26.4 Å². The van der Waals surface area contributed by atoms with Crippen molar-refractivity contribution in [3.63, 3.8) is 0 Å². The van der Waals surface area contributed by atoms with Crippen LogP contribution >= 0.6 is 11.6 Å². The molecule has 0 spiro atoms. The molecular weight excluding hydrogens is 386 g/mol. The summed E-state index contributed by atoms with van der Waals surface area (Å²) in [7, 11) is 3.16. The van der Waals surface area contributed by atoms with Crippen LogP contribution in [0.4, 0.5) is 5.69 Å². The van der Waals surface area contributed by atoms with Crippen molar-refractivity contribution in [3.05, 3.63) is 88.4 Å². The molecule has 0 unspecified atom stereocenters. The molecule has 5 heteroatoms. The number of amides is 1. The van der Waals surface area contributed by atoms with Crippen molar-refractivity contribution in [3.8, 4) is 11.5 Å². The van der Waals surface area contributed by atoms with E-state index in [2.05, 4.69) is 17.4 Å². The second-order valence-electron chi connectivity index (χ2n) is 7.24. The Labute approximate surface area is 175 Å². The van der Waals surface area contributed by atoms with Gasteiger partial charge in [0.15, 0.2) is 11.5 Å². The molecule has 0 aliphatic heterocycles. The van der Waals surface area contributed by atoms with Crippen LogP contribution in [0.25, 0.3) is 0 Å². The third-order valence-corrected chi connectivity index (χ3v) is 5.83. The molecule has 0 atom stereocenters. The van der Waals surface area contributed by atoms with E-state index in [-0.39, 0.29) is 5.91 Å². The molecule has 0 saturated carbocycles. The SMILES string of the molecule is COc1ccc(NC(=O)C2(c3ccc(Cl)cc3)Cc3ccccc3C2)cc1OC. The van der Waals surface area contributed by atoms with E-state index < -0.39 is 5.41 Å². The fourth-order valence-electron chi connectivity index (χ4n) is 4.04. The molecule has 0 saturated heterocycles. The lowest BCUT2D eigenvalue weighted by Gasteiger charge is -2.28. The van der Waals surface area contributed by atoms with Gasteiger partial charge in [-0.3, -0.25) is 4.79 Å². The minimum Gasteiger partial charge on any atom is -0.493 e. The van der Waals surface area contributed by atoms with Gasteiger partial charge in [-0.25, -0.2) is 0 Å². The average molecular weight is 408 g/mol. The second kappa shape index (κ2) is 7.80. The highest BCUT2D eigenvalue weighted by atomic mass is 35.5. The fourth-order valence-corrected chi connectivity index (χ4v) is 4.17. The van der Waals surface area contributed by atoms with Crippen LogP contribution in [-0.2, 0) is 23.1 Å². The number of hydrogen-bond acceptors (Lipinski definition) is 3. The number of anilines is 1. The van der Waals surface area contributed by atoms with Gasteiger partial charge in [0, 0.05) is 16.8 Å². The van der Waals surface area contributed by atoms with Gasteiger partial charge in [0.25, 0.3) is 0 Å². The van der Waals surface area contributed by atoms with Gasteiger partial charge >= 0.3 is 0 Å². The third-order valence-electron chi connectivity index (χ3n) is 5.58. The molecule has 4 nitrogen and oxygen atoms in total. The van der Waals surface area contributed by atoms with Crippen molar-refractivity contribution < 1.29 is 14.3 Å². The molecule has 148 valence electrons. The van der Waals surface area contributed by atoms with Gasteiger partial charge in [0.05, 0.1) is 19.6 Å². The number of halogens is 1. The van der Waals surface area contributed by atoms with E-state index >= 15 is 0 Å². The number of fused-ring (bicyclic) bond motifs is 1. The number of rotatable bonds is 5. The summed E-state index contributed by atoms with van der Waals surface area (Å²) in [5.41, 5.74) is 3.32. The first kappa shape index (κ1) is 19.3. The summed E-state index contributed by atoms with van der Waals surface area (Å²) in [5, 5.41) is 3.74. The maximum absolute atomic E-state index is 13.6. The largest absolute Gasteiger partial charge is 0.493 e. The zero-order valence-electron chi connectivity index (χ0n) is 16.4. The van der Waals surface area contributed by atoms with Crippen molar-refractivity contribution in [2.75, 3.05) is 19.5 Å². The third kappa shape index (κ3) is 3.56. The zero-order chi connectivity index (χ0) is 20.4. The zero-order valence-corrected chi connectivity index (χ0v) is 17.1. The van der Waals surface area contributed by atoms with E-state index in [0.29, 0.717) is 35.1 Å². The lowest BCUT2D eigenvalue weighted by molar-refractivity contribution is -0.121. The molecule has 1 amide bonds. The molecular formula is C24H22ClNO3. The molecule has 0 fully saturated rings. The quantitative estimate of drug-likeness (QED) is 0.645. The number of nitrogens with one attached hydrogen (secondary N) is 1. The van der Waals surface area contributed by atoms with Crippen LogP contribution < -0.4 is 14.8 Å². The Bertz CT molecular complexity index is 1020. The van der Waals surface area contributed by atoms with E-state index in [1.165, 1.54) is 11.1 Å². The molecule has 4 rings (SSSR count). The predicted octanol–water partition coefficient (Wildman–Crippen LogP) is 5.03. The lowest BCUT2D eigenvalue weighted by Crippen LogP contribution is -2.41. The molecule has 29 heavy (non-hydrogen) atoms. The average Bonchev–Trinajstić information content (AvgIpc) is 3.15. The molecule has 1 aliphatic carbocycles. The van der Waals surface area contributed by atoms with E-state index in [9.17, 15) is 4.79 Å². The molecule has 3 aromatic rings.